The molecule has 2 aliphatic rings. The Morgan fingerprint density at radius 3 is 2.67 bits per heavy atom. The van der Waals surface area contributed by atoms with Crippen LogP contribution in [0.2, 0.25) is 0 Å². The highest BCUT2D eigenvalue weighted by molar-refractivity contribution is 7.13. The fraction of sp³-hybridized carbons (Fsp3) is 0.708. The first-order chi connectivity index (χ1) is 17.2. The van der Waals surface area contributed by atoms with E-state index in [0.29, 0.717) is 22.0 Å². The van der Waals surface area contributed by atoms with Crippen molar-refractivity contribution in [2.24, 2.45) is 16.8 Å². The van der Waals surface area contributed by atoms with Crippen molar-refractivity contribution in [3.8, 4) is 5.19 Å². The van der Waals surface area contributed by atoms with E-state index < -0.39 is 12.6 Å². The van der Waals surface area contributed by atoms with Crippen molar-refractivity contribution >= 4 is 34.8 Å². The molecule has 0 bridgehead atoms. The van der Waals surface area contributed by atoms with Gasteiger partial charge in [0.25, 0.3) is 11.1 Å². The summed E-state index contributed by atoms with van der Waals surface area (Å²) in [7, 11) is 0. The SMILES string of the molecule is Cc1nnc(CC(=O)N=CC2CCC(CCN3CCc4nc(OCCC(F)(F)F)sc4CC3)CC2)s1. The van der Waals surface area contributed by atoms with Gasteiger partial charge in [0.15, 0.2) is 0 Å². The van der Waals surface area contributed by atoms with Gasteiger partial charge in [-0.25, -0.2) is 9.98 Å². The molecule has 0 spiro atoms. The van der Waals surface area contributed by atoms with Crippen LogP contribution in [0.3, 0.4) is 0 Å². The first kappa shape index (κ1) is 27.1. The van der Waals surface area contributed by atoms with Gasteiger partial charge in [-0.05, 0) is 63.8 Å². The molecule has 2 aromatic rings. The van der Waals surface area contributed by atoms with E-state index in [2.05, 4.69) is 25.1 Å². The Morgan fingerprint density at radius 1 is 1.17 bits per heavy atom. The van der Waals surface area contributed by atoms with E-state index in [-0.39, 0.29) is 18.9 Å². The van der Waals surface area contributed by atoms with E-state index in [1.807, 2.05) is 13.1 Å². The third-order valence-electron chi connectivity index (χ3n) is 6.73. The van der Waals surface area contributed by atoms with Crippen LogP contribution >= 0.6 is 22.7 Å². The van der Waals surface area contributed by atoms with E-state index in [1.165, 1.54) is 22.7 Å². The van der Waals surface area contributed by atoms with Gasteiger partial charge in [-0.3, -0.25) is 4.79 Å². The lowest BCUT2D eigenvalue weighted by Gasteiger charge is -2.28. The summed E-state index contributed by atoms with van der Waals surface area (Å²) in [4.78, 5) is 24.3. The molecule has 0 unspecified atom stereocenters. The Balaban J connectivity index is 1.12. The van der Waals surface area contributed by atoms with Crippen molar-refractivity contribution in [2.75, 3.05) is 26.2 Å². The van der Waals surface area contributed by atoms with E-state index in [1.54, 1.807) is 0 Å². The summed E-state index contributed by atoms with van der Waals surface area (Å²) in [6, 6.07) is 0. The summed E-state index contributed by atoms with van der Waals surface area (Å²) in [5.41, 5.74) is 0.972. The second-order valence-electron chi connectivity index (χ2n) is 9.54. The number of fused-ring (bicyclic) bond motifs is 1. The van der Waals surface area contributed by atoms with Crippen molar-refractivity contribution in [1.82, 2.24) is 20.1 Å². The van der Waals surface area contributed by atoms with Crippen LogP contribution in [-0.2, 0) is 24.1 Å². The molecule has 1 saturated carbocycles. The Hall–Kier alpha value is -1.92. The van der Waals surface area contributed by atoms with E-state index in [4.69, 9.17) is 4.74 Å². The topological polar surface area (TPSA) is 80.6 Å². The Morgan fingerprint density at radius 2 is 1.94 bits per heavy atom. The van der Waals surface area contributed by atoms with Crippen LogP contribution in [0.4, 0.5) is 13.2 Å². The molecule has 0 N–H and O–H groups in total. The molecule has 198 valence electrons. The normalized spacial score (nSPS) is 21.4. The lowest BCUT2D eigenvalue weighted by molar-refractivity contribution is -0.139. The summed E-state index contributed by atoms with van der Waals surface area (Å²) in [6.07, 6.45) is 4.18. The Kier molecular flexibility index (Phi) is 9.46. The number of aromatic nitrogens is 3. The molecule has 0 radical (unpaired) electrons. The maximum atomic E-state index is 12.3. The average molecular weight is 544 g/mol. The molecule has 36 heavy (non-hydrogen) atoms. The lowest BCUT2D eigenvalue weighted by atomic mass is 9.81. The number of nitrogens with zero attached hydrogens (tertiary/aromatic N) is 5. The molecule has 2 aromatic heterocycles. The molecule has 1 aliphatic carbocycles. The molecule has 12 heteroatoms. The molecule has 4 rings (SSSR count). The summed E-state index contributed by atoms with van der Waals surface area (Å²) < 4.78 is 42.2. The number of carbonyl (C=O) groups is 1. The number of aliphatic imine (C=N–C) groups is 1. The number of alkyl halides is 3. The molecule has 0 aromatic carbocycles. The number of rotatable bonds is 9. The monoisotopic (exact) mass is 543 g/mol. The number of halogens is 3. The third-order valence-corrected chi connectivity index (χ3v) is 8.64. The first-order valence-corrected chi connectivity index (χ1v) is 14.1. The maximum Gasteiger partial charge on any atom is 0.392 e. The predicted octanol–water partition coefficient (Wildman–Crippen LogP) is 5.07. The molecular weight excluding hydrogens is 511 g/mol. The highest BCUT2D eigenvalue weighted by Crippen LogP contribution is 2.32. The zero-order valence-corrected chi connectivity index (χ0v) is 22.1. The number of hydrogen-bond acceptors (Lipinski definition) is 8. The fourth-order valence-corrected chi connectivity index (χ4v) is 6.36. The summed E-state index contributed by atoms with van der Waals surface area (Å²) in [5.74, 6) is 0.908. The number of thiazole rings is 1. The molecule has 3 heterocycles. The lowest BCUT2D eigenvalue weighted by Crippen LogP contribution is -2.29. The molecule has 0 atom stereocenters. The zero-order valence-electron chi connectivity index (χ0n) is 20.4. The van der Waals surface area contributed by atoms with Gasteiger partial charge >= 0.3 is 6.18 Å². The Labute approximate surface area is 217 Å². The molecule has 1 amide bonds. The van der Waals surface area contributed by atoms with Crippen molar-refractivity contribution in [1.29, 1.82) is 0 Å². The van der Waals surface area contributed by atoms with Crippen molar-refractivity contribution < 1.29 is 22.7 Å². The number of carbonyl (C=O) groups excluding carboxylic acids is 1. The molecule has 1 aliphatic heterocycles. The van der Waals surface area contributed by atoms with Gasteiger partial charge in [0, 0.05) is 30.6 Å². The minimum Gasteiger partial charge on any atom is -0.470 e. The standard InChI is InChI=1S/C24H32F3N5O2S2/c1-16-30-31-22(35-16)14-21(33)28-15-18-4-2-17(3-5-18)6-10-32-11-7-19-20(8-12-32)36-23(29-19)34-13-9-24(25,26)27/h15,17-18H,2-14H2,1H3. The third kappa shape index (κ3) is 8.58. The van der Waals surface area contributed by atoms with Crippen molar-refractivity contribution in [2.45, 2.75) is 70.9 Å². The van der Waals surface area contributed by atoms with Gasteiger partial charge in [0.2, 0.25) is 0 Å². The van der Waals surface area contributed by atoms with Gasteiger partial charge in [0.1, 0.15) is 10.0 Å². The largest absolute Gasteiger partial charge is 0.470 e. The van der Waals surface area contributed by atoms with Crippen LogP contribution in [0.5, 0.6) is 5.19 Å². The van der Waals surface area contributed by atoms with Gasteiger partial charge in [-0.2, -0.15) is 13.2 Å². The van der Waals surface area contributed by atoms with Crippen LogP contribution in [0.25, 0.3) is 0 Å². The summed E-state index contributed by atoms with van der Waals surface area (Å²) >= 11 is 2.82. The van der Waals surface area contributed by atoms with Crippen LogP contribution in [0.15, 0.2) is 4.99 Å². The number of aryl methyl sites for hydroxylation is 1. The second kappa shape index (κ2) is 12.6. The molecule has 0 saturated heterocycles. The minimum atomic E-state index is -4.21. The second-order valence-corrected chi connectivity index (χ2v) is 11.9. The molecular formula is C24H32F3N5O2S2. The highest BCUT2D eigenvalue weighted by Gasteiger charge is 2.27. The Bertz CT molecular complexity index is 1010. The quantitative estimate of drug-likeness (QED) is 0.411. The smallest absolute Gasteiger partial charge is 0.392 e. The van der Waals surface area contributed by atoms with Crippen molar-refractivity contribution in [3.63, 3.8) is 0 Å². The van der Waals surface area contributed by atoms with Gasteiger partial charge < -0.3 is 9.64 Å². The average Bonchev–Trinajstić information content (AvgIpc) is 3.36. The van der Waals surface area contributed by atoms with Crippen LogP contribution in [0, 0.1) is 18.8 Å². The maximum absolute atomic E-state index is 12.3. The number of ether oxygens (including phenoxy) is 1. The van der Waals surface area contributed by atoms with E-state index in [0.717, 1.165) is 80.2 Å². The number of amides is 1. The van der Waals surface area contributed by atoms with Gasteiger partial charge in [-0.15, -0.1) is 21.5 Å². The summed E-state index contributed by atoms with van der Waals surface area (Å²) in [5, 5.41) is 9.85. The minimum absolute atomic E-state index is 0.155. The summed E-state index contributed by atoms with van der Waals surface area (Å²) in [6.45, 7) is 4.40. The van der Waals surface area contributed by atoms with E-state index in [9.17, 15) is 18.0 Å². The van der Waals surface area contributed by atoms with Crippen LogP contribution in [0.1, 0.15) is 59.1 Å². The first-order valence-electron chi connectivity index (χ1n) is 12.5. The fourth-order valence-electron chi connectivity index (χ4n) is 4.69. The van der Waals surface area contributed by atoms with Gasteiger partial charge in [0.05, 0.1) is 25.1 Å². The predicted molar refractivity (Wildman–Crippen MR) is 134 cm³/mol. The number of hydrogen-bond donors (Lipinski definition) is 0. The van der Waals surface area contributed by atoms with Crippen molar-refractivity contribution in [3.05, 3.63) is 20.6 Å². The molecule has 1 fully saturated rings. The highest BCUT2D eigenvalue weighted by atomic mass is 32.1. The van der Waals surface area contributed by atoms with Crippen LogP contribution in [-0.4, -0.2) is 64.6 Å². The van der Waals surface area contributed by atoms with Crippen LogP contribution < -0.4 is 4.74 Å². The van der Waals surface area contributed by atoms with E-state index >= 15 is 0 Å². The van der Waals surface area contributed by atoms with Gasteiger partial charge in [-0.1, -0.05) is 11.3 Å². The molecule has 7 nitrogen and oxygen atoms in total. The zero-order chi connectivity index (χ0) is 25.5.